The van der Waals surface area contributed by atoms with Gasteiger partial charge in [0.15, 0.2) is 0 Å². The Morgan fingerprint density at radius 3 is 2.72 bits per heavy atom. The van der Waals surface area contributed by atoms with Crippen LogP contribution in [0.4, 0.5) is 0 Å². The fourth-order valence-corrected chi connectivity index (χ4v) is 4.07. The summed E-state index contributed by atoms with van der Waals surface area (Å²) in [5.74, 6) is 0. The highest BCUT2D eigenvalue weighted by molar-refractivity contribution is 7.91. The number of hydrogen-bond acceptors (Lipinski definition) is 4. The molecular formula is C12H20N2O2S2. The Bertz CT molecular complexity index is 478. The van der Waals surface area contributed by atoms with E-state index in [2.05, 4.69) is 10.0 Å². The highest BCUT2D eigenvalue weighted by atomic mass is 32.2. The van der Waals surface area contributed by atoms with Crippen LogP contribution in [0, 0.1) is 0 Å². The monoisotopic (exact) mass is 288 g/mol. The molecular weight excluding hydrogens is 268 g/mol. The van der Waals surface area contributed by atoms with Gasteiger partial charge in [-0.1, -0.05) is 6.92 Å². The normalized spacial score (nSPS) is 16.1. The molecule has 1 aliphatic rings. The average Bonchev–Trinajstić information content (AvgIpc) is 3.03. The Labute approximate surface area is 113 Å². The van der Waals surface area contributed by atoms with Crippen molar-refractivity contribution in [1.29, 1.82) is 0 Å². The molecule has 2 N–H and O–H groups in total. The maximum atomic E-state index is 11.9. The van der Waals surface area contributed by atoms with Crippen LogP contribution in [0.25, 0.3) is 0 Å². The summed E-state index contributed by atoms with van der Waals surface area (Å²) in [6, 6.07) is 4.26. The van der Waals surface area contributed by atoms with Gasteiger partial charge in [-0.3, -0.25) is 0 Å². The number of thiophene rings is 1. The highest BCUT2D eigenvalue weighted by Gasteiger charge is 2.20. The number of nitrogens with one attached hydrogen (secondary N) is 2. The molecule has 2 rings (SSSR count). The molecule has 102 valence electrons. The third kappa shape index (κ3) is 4.05. The molecule has 1 saturated carbocycles. The zero-order valence-corrected chi connectivity index (χ0v) is 12.2. The van der Waals surface area contributed by atoms with E-state index in [4.69, 9.17) is 0 Å². The Kier molecular flexibility index (Phi) is 4.77. The van der Waals surface area contributed by atoms with Crippen molar-refractivity contribution in [2.24, 2.45) is 0 Å². The van der Waals surface area contributed by atoms with Gasteiger partial charge in [0.05, 0.1) is 0 Å². The predicted octanol–water partition coefficient (Wildman–Crippen LogP) is 1.73. The fourth-order valence-electron chi connectivity index (χ4n) is 1.65. The van der Waals surface area contributed by atoms with Crippen LogP contribution in [-0.4, -0.2) is 27.5 Å². The van der Waals surface area contributed by atoms with Crippen LogP contribution in [0.2, 0.25) is 0 Å². The van der Waals surface area contributed by atoms with Gasteiger partial charge < -0.3 is 5.32 Å². The van der Waals surface area contributed by atoms with Crippen LogP contribution in [-0.2, 0) is 16.4 Å². The lowest BCUT2D eigenvalue weighted by atomic mass is 10.4. The summed E-state index contributed by atoms with van der Waals surface area (Å²) in [4.78, 5) is 1.10. The molecule has 1 aliphatic carbocycles. The van der Waals surface area contributed by atoms with E-state index in [-0.39, 0.29) is 0 Å². The molecule has 0 saturated heterocycles. The zero-order chi connectivity index (χ0) is 13.0. The van der Waals surface area contributed by atoms with Gasteiger partial charge in [0.1, 0.15) is 4.21 Å². The minimum Gasteiger partial charge on any atom is -0.314 e. The van der Waals surface area contributed by atoms with Crippen LogP contribution in [0.5, 0.6) is 0 Å². The maximum absolute atomic E-state index is 11.9. The van der Waals surface area contributed by atoms with E-state index in [1.807, 2.05) is 13.0 Å². The molecule has 0 amide bonds. The van der Waals surface area contributed by atoms with Gasteiger partial charge in [-0.25, -0.2) is 13.1 Å². The Balaban J connectivity index is 1.75. The fraction of sp³-hybridized carbons (Fsp3) is 0.667. The van der Waals surface area contributed by atoms with Gasteiger partial charge >= 0.3 is 0 Å². The van der Waals surface area contributed by atoms with Crippen molar-refractivity contribution in [3.8, 4) is 0 Å². The molecule has 1 aromatic heterocycles. The Morgan fingerprint density at radius 2 is 2.11 bits per heavy atom. The molecule has 0 spiro atoms. The summed E-state index contributed by atoms with van der Waals surface area (Å²) in [6.07, 6.45) is 4.24. The molecule has 0 aromatic carbocycles. The molecule has 0 atom stereocenters. The lowest BCUT2D eigenvalue weighted by molar-refractivity contribution is 0.575. The van der Waals surface area contributed by atoms with Gasteiger partial charge in [0.25, 0.3) is 0 Å². The second-order valence-corrected chi connectivity index (χ2v) is 7.72. The average molecular weight is 288 g/mol. The number of rotatable bonds is 8. The summed E-state index contributed by atoms with van der Waals surface area (Å²) in [7, 11) is -3.29. The summed E-state index contributed by atoms with van der Waals surface area (Å²) >= 11 is 1.35. The van der Waals surface area contributed by atoms with Crippen LogP contribution in [0.3, 0.4) is 0 Å². The van der Waals surface area contributed by atoms with Crippen molar-refractivity contribution in [2.45, 2.75) is 42.9 Å². The second-order valence-electron chi connectivity index (χ2n) is 4.55. The first kappa shape index (κ1) is 14.0. The third-order valence-electron chi connectivity index (χ3n) is 2.91. The Hall–Kier alpha value is -0.430. The van der Waals surface area contributed by atoms with E-state index in [1.165, 1.54) is 24.2 Å². The first-order chi connectivity index (χ1) is 8.62. The largest absolute Gasteiger partial charge is 0.314 e. The maximum Gasteiger partial charge on any atom is 0.250 e. The SMILES string of the molecule is CCc1ccc(S(=O)(=O)NCCCNC2CC2)s1. The molecule has 0 bridgehead atoms. The van der Waals surface area contributed by atoms with Gasteiger partial charge in [-0.05, 0) is 44.4 Å². The van der Waals surface area contributed by atoms with Crippen molar-refractivity contribution < 1.29 is 8.42 Å². The smallest absolute Gasteiger partial charge is 0.250 e. The number of sulfonamides is 1. The van der Waals surface area contributed by atoms with Crippen molar-refractivity contribution in [3.05, 3.63) is 17.0 Å². The van der Waals surface area contributed by atoms with Crippen molar-refractivity contribution in [1.82, 2.24) is 10.0 Å². The quantitative estimate of drug-likeness (QED) is 0.716. The van der Waals surface area contributed by atoms with Crippen molar-refractivity contribution >= 4 is 21.4 Å². The minimum atomic E-state index is -3.29. The van der Waals surface area contributed by atoms with Crippen molar-refractivity contribution in [3.63, 3.8) is 0 Å². The zero-order valence-electron chi connectivity index (χ0n) is 10.6. The van der Waals surface area contributed by atoms with E-state index < -0.39 is 10.0 Å². The first-order valence-electron chi connectivity index (χ1n) is 6.43. The van der Waals surface area contributed by atoms with E-state index in [0.29, 0.717) is 16.8 Å². The summed E-state index contributed by atoms with van der Waals surface area (Å²) in [6.45, 7) is 3.42. The molecule has 1 aromatic rings. The lowest BCUT2D eigenvalue weighted by Crippen LogP contribution is -2.27. The standard InChI is InChI=1S/C12H20N2O2S2/c1-2-11-6-7-12(17-11)18(15,16)14-9-3-8-13-10-4-5-10/h6-7,10,13-14H,2-5,8-9H2,1H3. The van der Waals surface area contributed by atoms with Crippen LogP contribution in [0.1, 0.15) is 31.1 Å². The van der Waals surface area contributed by atoms with Gasteiger partial charge in [0, 0.05) is 17.5 Å². The summed E-state index contributed by atoms with van der Waals surface area (Å²) in [5, 5.41) is 3.36. The van der Waals surface area contributed by atoms with Crippen molar-refractivity contribution in [2.75, 3.05) is 13.1 Å². The van der Waals surface area contributed by atoms with Gasteiger partial charge in [0.2, 0.25) is 10.0 Å². The molecule has 0 aliphatic heterocycles. The molecule has 18 heavy (non-hydrogen) atoms. The molecule has 1 heterocycles. The number of aryl methyl sites for hydroxylation is 1. The second kappa shape index (κ2) is 6.14. The lowest BCUT2D eigenvalue weighted by Gasteiger charge is -2.05. The molecule has 0 unspecified atom stereocenters. The van der Waals surface area contributed by atoms with Gasteiger partial charge in [-0.15, -0.1) is 11.3 Å². The molecule has 4 nitrogen and oxygen atoms in total. The van der Waals surface area contributed by atoms with E-state index in [1.54, 1.807) is 6.07 Å². The minimum absolute atomic E-state index is 0.425. The molecule has 0 radical (unpaired) electrons. The van der Waals surface area contributed by atoms with E-state index in [9.17, 15) is 8.42 Å². The molecule has 6 heteroatoms. The topological polar surface area (TPSA) is 58.2 Å². The van der Waals surface area contributed by atoms with Crippen LogP contribution >= 0.6 is 11.3 Å². The number of hydrogen-bond donors (Lipinski definition) is 2. The summed E-state index contributed by atoms with van der Waals surface area (Å²) in [5.41, 5.74) is 0. The highest BCUT2D eigenvalue weighted by Crippen LogP contribution is 2.21. The molecule has 1 fully saturated rings. The van der Waals surface area contributed by atoms with Gasteiger partial charge in [-0.2, -0.15) is 0 Å². The predicted molar refractivity (Wildman–Crippen MR) is 74.5 cm³/mol. The Morgan fingerprint density at radius 1 is 1.33 bits per heavy atom. The third-order valence-corrected chi connectivity index (χ3v) is 6.09. The first-order valence-corrected chi connectivity index (χ1v) is 8.73. The van der Waals surface area contributed by atoms with E-state index in [0.717, 1.165) is 24.3 Å². The van der Waals surface area contributed by atoms with Crippen LogP contribution < -0.4 is 10.0 Å². The summed E-state index contributed by atoms with van der Waals surface area (Å²) < 4.78 is 27.0. The van der Waals surface area contributed by atoms with E-state index >= 15 is 0 Å². The van der Waals surface area contributed by atoms with Crippen LogP contribution in [0.15, 0.2) is 16.3 Å².